The highest BCUT2D eigenvalue weighted by Crippen LogP contribution is 2.58. The lowest BCUT2D eigenvalue weighted by Crippen LogP contribution is -2.28. The molecule has 0 bridgehead atoms. The molecule has 2 heteroatoms. The van der Waals surface area contributed by atoms with Gasteiger partial charge in [-0.2, -0.15) is 0 Å². The van der Waals surface area contributed by atoms with Gasteiger partial charge in [0.15, 0.2) is 0 Å². The van der Waals surface area contributed by atoms with E-state index in [4.69, 9.17) is 4.42 Å². The number of anilines is 3. The molecular weight excluding hydrogens is 835 g/mol. The third-order valence-electron chi connectivity index (χ3n) is 14.2. The summed E-state index contributed by atoms with van der Waals surface area (Å²) >= 11 is 0. The Hall–Kier alpha value is -8.98. The van der Waals surface area contributed by atoms with E-state index >= 15 is 0 Å². The standard InChI is InChI=1S/C67H45NO/c1-5-15-46(16-6-1)52-35-40-59-60-42-39-58(45-64(60)67(63(59)43-52,54-17-7-2-8-18-54)55-19-9-3-10-20-55)68(56-21-11-4-12-22-56)57-37-33-50(34-38-57)49-27-25-47(26-28-49)48-29-31-51(32-30-48)53-36-41-62-61-23-13-14-24-65(61)69-66(62)44-53/h1-45H. The molecule has 1 aliphatic carbocycles. The Morgan fingerprint density at radius 1 is 0.261 bits per heavy atom. The lowest BCUT2D eigenvalue weighted by Gasteiger charge is -2.35. The van der Waals surface area contributed by atoms with E-state index in [9.17, 15) is 0 Å². The van der Waals surface area contributed by atoms with Gasteiger partial charge in [-0.3, -0.25) is 0 Å². The van der Waals surface area contributed by atoms with Crippen molar-refractivity contribution in [1.29, 1.82) is 0 Å². The van der Waals surface area contributed by atoms with Crippen molar-refractivity contribution in [3.8, 4) is 55.6 Å². The second kappa shape index (κ2) is 16.7. The number of rotatable bonds is 9. The van der Waals surface area contributed by atoms with Gasteiger partial charge in [-0.25, -0.2) is 0 Å². The van der Waals surface area contributed by atoms with E-state index in [2.05, 4.69) is 266 Å². The Labute approximate surface area is 402 Å². The Kier molecular flexibility index (Phi) is 9.77. The molecule has 0 fully saturated rings. The number of furan rings is 1. The van der Waals surface area contributed by atoms with Crippen LogP contribution in [-0.2, 0) is 5.41 Å². The Bertz CT molecular complexity index is 3740. The first-order valence-electron chi connectivity index (χ1n) is 23.7. The minimum absolute atomic E-state index is 0.556. The van der Waals surface area contributed by atoms with Crippen molar-refractivity contribution in [3.05, 3.63) is 295 Å². The number of benzene rings is 11. The highest BCUT2D eigenvalue weighted by Gasteiger charge is 2.46. The zero-order valence-electron chi connectivity index (χ0n) is 37.8. The Morgan fingerprint density at radius 2 is 0.652 bits per heavy atom. The van der Waals surface area contributed by atoms with Crippen LogP contribution in [0, 0.1) is 0 Å². The molecule has 0 spiro atoms. The van der Waals surface area contributed by atoms with Crippen LogP contribution in [-0.4, -0.2) is 0 Å². The fraction of sp³-hybridized carbons (Fsp3) is 0.0149. The molecule has 0 radical (unpaired) electrons. The lowest BCUT2D eigenvalue weighted by atomic mass is 9.67. The molecule has 0 saturated heterocycles. The predicted molar refractivity (Wildman–Crippen MR) is 287 cm³/mol. The molecule has 1 heterocycles. The van der Waals surface area contributed by atoms with Crippen LogP contribution in [0.3, 0.4) is 0 Å². The summed E-state index contributed by atoms with van der Waals surface area (Å²) in [6.07, 6.45) is 0. The van der Waals surface area contributed by atoms with E-state index in [1.165, 1.54) is 66.8 Å². The first-order valence-corrected chi connectivity index (χ1v) is 23.7. The number of hydrogen-bond acceptors (Lipinski definition) is 2. The molecule has 324 valence electrons. The summed E-state index contributed by atoms with van der Waals surface area (Å²) in [5.41, 5.74) is 21.6. The van der Waals surface area contributed by atoms with Gasteiger partial charge in [-0.05, 0) is 139 Å². The van der Waals surface area contributed by atoms with Crippen molar-refractivity contribution in [2.75, 3.05) is 4.90 Å². The molecule has 12 aromatic rings. The Morgan fingerprint density at radius 3 is 1.26 bits per heavy atom. The number of nitrogens with zero attached hydrogens (tertiary/aromatic N) is 1. The SMILES string of the molecule is c1ccc(-c2ccc3c(c2)C(c2ccccc2)(c2ccccc2)c2cc(N(c4ccccc4)c4ccc(-c5ccc(-c6ccc(-c7ccc8c(c7)oc7ccccc78)cc6)cc5)cc4)ccc2-3)cc1. The Balaban J connectivity index is 0.845. The molecule has 2 nitrogen and oxygen atoms in total. The lowest BCUT2D eigenvalue weighted by molar-refractivity contribution is 0.669. The molecule has 0 amide bonds. The van der Waals surface area contributed by atoms with E-state index in [-0.39, 0.29) is 0 Å². The van der Waals surface area contributed by atoms with Crippen LogP contribution >= 0.6 is 0 Å². The third-order valence-corrected chi connectivity index (χ3v) is 14.2. The van der Waals surface area contributed by atoms with Gasteiger partial charge in [0.2, 0.25) is 0 Å². The fourth-order valence-corrected chi connectivity index (χ4v) is 10.9. The average Bonchev–Trinajstić information content (AvgIpc) is 3.95. The number of para-hydroxylation sites is 2. The van der Waals surface area contributed by atoms with Crippen LogP contribution in [0.4, 0.5) is 17.1 Å². The number of fused-ring (bicyclic) bond motifs is 6. The third kappa shape index (κ3) is 6.88. The van der Waals surface area contributed by atoms with Crippen LogP contribution in [0.15, 0.2) is 277 Å². The van der Waals surface area contributed by atoms with Gasteiger partial charge >= 0.3 is 0 Å². The highest BCUT2D eigenvalue weighted by molar-refractivity contribution is 6.06. The molecule has 11 aromatic carbocycles. The van der Waals surface area contributed by atoms with E-state index in [1.54, 1.807) is 0 Å². The van der Waals surface area contributed by atoms with E-state index in [1.807, 2.05) is 12.1 Å². The van der Waals surface area contributed by atoms with Gasteiger partial charge in [0.1, 0.15) is 11.2 Å². The minimum atomic E-state index is -0.556. The van der Waals surface area contributed by atoms with Gasteiger partial charge in [0, 0.05) is 27.8 Å². The molecule has 1 aliphatic rings. The summed E-state index contributed by atoms with van der Waals surface area (Å²) in [5, 5.41) is 2.30. The van der Waals surface area contributed by atoms with Crippen molar-refractivity contribution >= 4 is 39.0 Å². The van der Waals surface area contributed by atoms with Gasteiger partial charge in [0.05, 0.1) is 5.41 Å². The van der Waals surface area contributed by atoms with Crippen LogP contribution in [0.2, 0.25) is 0 Å². The van der Waals surface area contributed by atoms with Gasteiger partial charge in [-0.15, -0.1) is 0 Å². The first kappa shape index (κ1) is 40.3. The van der Waals surface area contributed by atoms with Gasteiger partial charge in [-0.1, -0.05) is 212 Å². The molecule has 0 atom stereocenters. The molecule has 0 saturated carbocycles. The van der Waals surface area contributed by atoms with Crippen LogP contribution in [0.5, 0.6) is 0 Å². The quantitative estimate of drug-likeness (QED) is 0.144. The highest BCUT2D eigenvalue weighted by atomic mass is 16.3. The first-order chi connectivity index (χ1) is 34.2. The normalized spacial score (nSPS) is 12.5. The summed E-state index contributed by atoms with van der Waals surface area (Å²) in [6.45, 7) is 0. The van der Waals surface area contributed by atoms with E-state index < -0.39 is 5.41 Å². The maximum absolute atomic E-state index is 6.18. The predicted octanol–water partition coefficient (Wildman–Crippen LogP) is 18.1. The van der Waals surface area contributed by atoms with Crippen LogP contribution in [0.1, 0.15) is 22.3 Å². The van der Waals surface area contributed by atoms with Crippen molar-refractivity contribution in [3.63, 3.8) is 0 Å². The summed E-state index contributed by atoms with van der Waals surface area (Å²) in [6, 6.07) is 99.3. The summed E-state index contributed by atoms with van der Waals surface area (Å²) in [5.74, 6) is 0. The monoisotopic (exact) mass is 879 g/mol. The molecule has 0 N–H and O–H groups in total. The fourth-order valence-electron chi connectivity index (χ4n) is 10.9. The van der Waals surface area contributed by atoms with E-state index in [0.29, 0.717) is 0 Å². The largest absolute Gasteiger partial charge is 0.456 e. The summed E-state index contributed by atoms with van der Waals surface area (Å²) in [7, 11) is 0. The molecular formula is C67H45NO. The topological polar surface area (TPSA) is 16.4 Å². The molecule has 1 aromatic heterocycles. The number of hydrogen-bond donors (Lipinski definition) is 0. The second-order valence-electron chi connectivity index (χ2n) is 18.0. The van der Waals surface area contributed by atoms with Crippen molar-refractivity contribution in [1.82, 2.24) is 0 Å². The molecule has 69 heavy (non-hydrogen) atoms. The maximum Gasteiger partial charge on any atom is 0.136 e. The van der Waals surface area contributed by atoms with Gasteiger partial charge < -0.3 is 9.32 Å². The van der Waals surface area contributed by atoms with Crippen LogP contribution < -0.4 is 4.90 Å². The summed E-state index contributed by atoms with van der Waals surface area (Å²) in [4.78, 5) is 2.39. The van der Waals surface area contributed by atoms with E-state index in [0.717, 1.165) is 50.1 Å². The molecule has 13 rings (SSSR count). The van der Waals surface area contributed by atoms with Gasteiger partial charge in [0.25, 0.3) is 0 Å². The smallest absolute Gasteiger partial charge is 0.136 e. The van der Waals surface area contributed by atoms with Crippen LogP contribution in [0.25, 0.3) is 77.6 Å². The molecule has 0 aliphatic heterocycles. The zero-order chi connectivity index (χ0) is 45.7. The van der Waals surface area contributed by atoms with Crippen molar-refractivity contribution in [2.45, 2.75) is 5.41 Å². The minimum Gasteiger partial charge on any atom is -0.456 e. The summed E-state index contributed by atoms with van der Waals surface area (Å²) < 4.78 is 6.18. The van der Waals surface area contributed by atoms with Crippen molar-refractivity contribution < 1.29 is 4.42 Å². The average molecular weight is 880 g/mol. The maximum atomic E-state index is 6.18. The molecule has 0 unspecified atom stereocenters. The van der Waals surface area contributed by atoms with Crippen molar-refractivity contribution in [2.24, 2.45) is 0 Å². The second-order valence-corrected chi connectivity index (χ2v) is 18.0. The zero-order valence-corrected chi connectivity index (χ0v) is 37.8.